The predicted molar refractivity (Wildman–Crippen MR) is 66.3 cm³/mol. The molecular weight excluding hydrogens is 226 g/mol. The van der Waals surface area contributed by atoms with E-state index in [4.69, 9.17) is 16.3 Å². The Labute approximate surface area is 101 Å². The molecule has 0 fully saturated rings. The summed E-state index contributed by atoms with van der Waals surface area (Å²) in [5.74, 6) is 2.15. The third-order valence-corrected chi connectivity index (χ3v) is 2.48. The van der Waals surface area contributed by atoms with Gasteiger partial charge in [0.05, 0.1) is 7.11 Å². The number of unbranched alkanes of at least 4 members (excludes halogenated alkanes) is 3. The molecule has 0 aliphatic rings. The molecule has 0 spiro atoms. The number of aromatic nitrogens is 2. The third-order valence-electron chi connectivity index (χ3n) is 2.22. The second-order valence-electron chi connectivity index (χ2n) is 3.48. The molecule has 0 bridgehead atoms. The molecule has 0 saturated heterocycles. The average Bonchev–Trinajstić information content (AvgIpc) is 2.34. The molecule has 1 aromatic heterocycles. The van der Waals surface area contributed by atoms with Crippen molar-refractivity contribution < 1.29 is 4.74 Å². The molecule has 0 atom stereocenters. The molecule has 16 heavy (non-hydrogen) atoms. The van der Waals surface area contributed by atoms with Crippen LogP contribution in [0.4, 0.5) is 5.82 Å². The molecule has 0 saturated carbocycles. The maximum Gasteiger partial charge on any atom is 0.218 e. The number of methoxy groups -OCH3 is 1. The maximum absolute atomic E-state index is 5.60. The van der Waals surface area contributed by atoms with E-state index in [0.717, 1.165) is 31.1 Å². The Hall–Kier alpha value is -1.03. The number of hydrogen-bond acceptors (Lipinski definition) is 4. The SMILES string of the molecule is COc1cc(NCCCCCCCl)ncn1. The van der Waals surface area contributed by atoms with Crippen molar-refractivity contribution in [2.45, 2.75) is 25.7 Å². The van der Waals surface area contributed by atoms with Gasteiger partial charge >= 0.3 is 0 Å². The van der Waals surface area contributed by atoms with E-state index in [0.29, 0.717) is 5.88 Å². The van der Waals surface area contributed by atoms with E-state index >= 15 is 0 Å². The minimum Gasteiger partial charge on any atom is -0.481 e. The zero-order valence-corrected chi connectivity index (χ0v) is 10.3. The highest BCUT2D eigenvalue weighted by Crippen LogP contribution is 2.10. The van der Waals surface area contributed by atoms with Crippen molar-refractivity contribution in [3.05, 3.63) is 12.4 Å². The van der Waals surface area contributed by atoms with Crippen molar-refractivity contribution in [1.82, 2.24) is 9.97 Å². The smallest absolute Gasteiger partial charge is 0.218 e. The quantitative estimate of drug-likeness (QED) is 0.563. The number of rotatable bonds is 8. The number of hydrogen-bond donors (Lipinski definition) is 1. The van der Waals surface area contributed by atoms with Gasteiger partial charge in [-0.1, -0.05) is 12.8 Å². The zero-order chi connectivity index (χ0) is 11.6. The fraction of sp³-hybridized carbons (Fsp3) is 0.636. The van der Waals surface area contributed by atoms with Crippen LogP contribution >= 0.6 is 11.6 Å². The van der Waals surface area contributed by atoms with Crippen LogP contribution < -0.4 is 10.1 Å². The molecule has 1 heterocycles. The zero-order valence-electron chi connectivity index (χ0n) is 9.58. The number of anilines is 1. The van der Waals surface area contributed by atoms with E-state index < -0.39 is 0 Å². The van der Waals surface area contributed by atoms with Crippen LogP contribution in [0.2, 0.25) is 0 Å². The average molecular weight is 244 g/mol. The van der Waals surface area contributed by atoms with Crippen LogP contribution in [0, 0.1) is 0 Å². The minimum absolute atomic E-state index is 0.583. The Morgan fingerprint density at radius 3 is 2.81 bits per heavy atom. The molecule has 4 nitrogen and oxygen atoms in total. The van der Waals surface area contributed by atoms with E-state index in [1.165, 1.54) is 19.2 Å². The monoisotopic (exact) mass is 243 g/mol. The van der Waals surface area contributed by atoms with Gasteiger partial charge in [-0.15, -0.1) is 11.6 Å². The first-order valence-electron chi connectivity index (χ1n) is 5.52. The summed E-state index contributed by atoms with van der Waals surface area (Å²) in [6, 6.07) is 1.79. The number of nitrogens with zero attached hydrogens (tertiary/aromatic N) is 2. The van der Waals surface area contributed by atoms with Gasteiger partial charge in [-0.2, -0.15) is 0 Å². The van der Waals surface area contributed by atoms with Crippen molar-refractivity contribution >= 4 is 17.4 Å². The molecular formula is C11H18ClN3O. The summed E-state index contributed by atoms with van der Waals surface area (Å²) in [6.07, 6.45) is 6.11. The third kappa shape index (κ3) is 5.16. The molecule has 0 amide bonds. The summed E-state index contributed by atoms with van der Waals surface area (Å²) >= 11 is 5.60. The van der Waals surface area contributed by atoms with Gasteiger partial charge in [0.15, 0.2) is 0 Å². The van der Waals surface area contributed by atoms with Gasteiger partial charge in [-0.25, -0.2) is 9.97 Å². The Morgan fingerprint density at radius 1 is 1.25 bits per heavy atom. The molecule has 0 aromatic carbocycles. The summed E-state index contributed by atoms with van der Waals surface area (Å²) in [4.78, 5) is 8.04. The Bertz CT molecular complexity index is 296. The van der Waals surface area contributed by atoms with Crippen LogP contribution in [0.15, 0.2) is 12.4 Å². The van der Waals surface area contributed by atoms with Crippen LogP contribution in [-0.4, -0.2) is 29.5 Å². The minimum atomic E-state index is 0.583. The lowest BCUT2D eigenvalue weighted by Gasteiger charge is -2.05. The fourth-order valence-electron chi connectivity index (χ4n) is 1.34. The van der Waals surface area contributed by atoms with Crippen LogP contribution in [-0.2, 0) is 0 Å². The van der Waals surface area contributed by atoms with E-state index in [1.807, 2.05) is 0 Å². The Balaban J connectivity index is 2.16. The second kappa shape index (κ2) is 8.16. The highest BCUT2D eigenvalue weighted by atomic mass is 35.5. The first-order chi connectivity index (χ1) is 7.86. The van der Waals surface area contributed by atoms with Gasteiger partial charge < -0.3 is 10.1 Å². The molecule has 0 aliphatic carbocycles. The summed E-state index contributed by atoms with van der Waals surface area (Å²) in [5, 5.41) is 3.23. The molecule has 1 rings (SSSR count). The van der Waals surface area contributed by atoms with Gasteiger partial charge in [0.2, 0.25) is 5.88 Å². The van der Waals surface area contributed by atoms with Gasteiger partial charge in [0.25, 0.3) is 0 Å². The lowest BCUT2D eigenvalue weighted by molar-refractivity contribution is 0.397. The van der Waals surface area contributed by atoms with E-state index in [-0.39, 0.29) is 0 Å². The lowest BCUT2D eigenvalue weighted by Crippen LogP contribution is -2.04. The normalized spacial score (nSPS) is 10.1. The topological polar surface area (TPSA) is 47.0 Å². The molecule has 5 heteroatoms. The van der Waals surface area contributed by atoms with Crippen molar-refractivity contribution in [3.63, 3.8) is 0 Å². The van der Waals surface area contributed by atoms with E-state index in [1.54, 1.807) is 13.2 Å². The molecule has 0 unspecified atom stereocenters. The lowest BCUT2D eigenvalue weighted by atomic mass is 10.2. The van der Waals surface area contributed by atoms with E-state index in [9.17, 15) is 0 Å². The second-order valence-corrected chi connectivity index (χ2v) is 3.85. The van der Waals surface area contributed by atoms with Gasteiger partial charge in [-0.3, -0.25) is 0 Å². The van der Waals surface area contributed by atoms with E-state index in [2.05, 4.69) is 15.3 Å². The van der Waals surface area contributed by atoms with Crippen LogP contribution in [0.5, 0.6) is 5.88 Å². The molecule has 1 N–H and O–H groups in total. The first-order valence-corrected chi connectivity index (χ1v) is 6.06. The number of alkyl halides is 1. The van der Waals surface area contributed by atoms with Gasteiger partial charge in [0.1, 0.15) is 12.1 Å². The molecule has 0 aliphatic heterocycles. The van der Waals surface area contributed by atoms with Gasteiger partial charge in [0, 0.05) is 18.5 Å². The predicted octanol–water partition coefficient (Wildman–Crippen LogP) is 2.70. The maximum atomic E-state index is 5.60. The van der Waals surface area contributed by atoms with Crippen molar-refractivity contribution in [3.8, 4) is 5.88 Å². The number of nitrogens with one attached hydrogen (secondary N) is 1. The summed E-state index contributed by atoms with van der Waals surface area (Å²) < 4.78 is 5.01. The summed E-state index contributed by atoms with van der Waals surface area (Å²) in [6.45, 7) is 0.919. The number of ether oxygens (including phenoxy) is 1. The Kier molecular flexibility index (Phi) is 6.65. The van der Waals surface area contributed by atoms with Crippen molar-refractivity contribution in [2.24, 2.45) is 0 Å². The Morgan fingerprint density at radius 2 is 2.06 bits per heavy atom. The molecule has 0 radical (unpaired) electrons. The summed E-state index contributed by atoms with van der Waals surface area (Å²) in [5.41, 5.74) is 0. The highest BCUT2D eigenvalue weighted by molar-refractivity contribution is 6.17. The standard InChI is InChI=1S/C11H18ClN3O/c1-16-11-8-10(14-9-15-11)13-7-5-3-2-4-6-12/h8-9H,2-7H2,1H3,(H,13,14,15). The van der Waals surface area contributed by atoms with Crippen LogP contribution in [0.25, 0.3) is 0 Å². The fourth-order valence-corrected chi connectivity index (χ4v) is 1.53. The molecule has 1 aromatic rings. The highest BCUT2D eigenvalue weighted by Gasteiger charge is 1.97. The molecule has 90 valence electrons. The van der Waals surface area contributed by atoms with Gasteiger partial charge in [-0.05, 0) is 12.8 Å². The first kappa shape index (κ1) is 13.0. The van der Waals surface area contributed by atoms with Crippen molar-refractivity contribution in [2.75, 3.05) is 24.9 Å². The van der Waals surface area contributed by atoms with Crippen LogP contribution in [0.3, 0.4) is 0 Å². The van der Waals surface area contributed by atoms with Crippen molar-refractivity contribution in [1.29, 1.82) is 0 Å². The van der Waals surface area contributed by atoms with Crippen LogP contribution in [0.1, 0.15) is 25.7 Å². The number of halogens is 1. The summed E-state index contributed by atoms with van der Waals surface area (Å²) in [7, 11) is 1.60. The largest absolute Gasteiger partial charge is 0.481 e.